The lowest BCUT2D eigenvalue weighted by Crippen LogP contribution is -2.42. The largest absolute Gasteiger partial charge is 0.375 e. The van der Waals surface area contributed by atoms with Crippen LogP contribution in [-0.2, 0) is 4.74 Å². The monoisotopic (exact) mass is 253 g/mol. The summed E-state index contributed by atoms with van der Waals surface area (Å²) in [6.07, 6.45) is 2.08. The zero-order valence-electron chi connectivity index (χ0n) is 9.86. The van der Waals surface area contributed by atoms with Gasteiger partial charge in [0.15, 0.2) is 0 Å². The number of hydrogen-bond acceptors (Lipinski definition) is 3. The molecule has 1 aromatic rings. The van der Waals surface area contributed by atoms with E-state index >= 15 is 0 Å². The molecule has 1 heterocycles. The molecule has 0 saturated carbocycles. The van der Waals surface area contributed by atoms with E-state index in [4.69, 9.17) is 16.3 Å². The highest BCUT2D eigenvalue weighted by molar-refractivity contribution is 6.33. The predicted octanol–water partition coefficient (Wildman–Crippen LogP) is 2.77. The molecule has 0 amide bonds. The van der Waals surface area contributed by atoms with Crippen molar-refractivity contribution < 1.29 is 9.53 Å². The number of hydrogen-bond donors (Lipinski definition) is 0. The molecule has 1 aliphatic rings. The summed E-state index contributed by atoms with van der Waals surface area (Å²) < 4.78 is 5.62. The number of nitrogens with zero attached hydrogens (tertiary/aromatic N) is 1. The summed E-state index contributed by atoms with van der Waals surface area (Å²) in [5.41, 5.74) is 1.60. The van der Waals surface area contributed by atoms with Gasteiger partial charge in [-0.15, -0.1) is 0 Å². The van der Waals surface area contributed by atoms with Crippen molar-refractivity contribution in [2.45, 2.75) is 19.4 Å². The molecule has 1 atom stereocenters. The fourth-order valence-corrected chi connectivity index (χ4v) is 2.35. The van der Waals surface area contributed by atoms with Crippen LogP contribution in [0.1, 0.15) is 23.7 Å². The van der Waals surface area contributed by atoms with Gasteiger partial charge in [0.05, 0.1) is 23.4 Å². The molecule has 1 aromatic carbocycles. The van der Waals surface area contributed by atoms with E-state index < -0.39 is 0 Å². The van der Waals surface area contributed by atoms with Crippen molar-refractivity contribution in [3.8, 4) is 0 Å². The molecule has 92 valence electrons. The summed E-state index contributed by atoms with van der Waals surface area (Å²) in [5.74, 6) is 0. The number of ether oxygens (including phenoxy) is 1. The van der Waals surface area contributed by atoms with Crippen LogP contribution in [0.4, 0.5) is 5.69 Å². The summed E-state index contributed by atoms with van der Waals surface area (Å²) in [5, 5.41) is 0.631. The van der Waals surface area contributed by atoms with E-state index in [1.54, 1.807) is 12.1 Å². The fraction of sp³-hybridized carbons (Fsp3) is 0.462. The van der Waals surface area contributed by atoms with Crippen molar-refractivity contribution in [1.82, 2.24) is 0 Å². The van der Waals surface area contributed by atoms with Crippen LogP contribution >= 0.6 is 11.6 Å². The molecule has 1 saturated heterocycles. The van der Waals surface area contributed by atoms with E-state index in [1.807, 2.05) is 6.07 Å². The van der Waals surface area contributed by atoms with E-state index in [-0.39, 0.29) is 6.10 Å². The second-order valence-electron chi connectivity index (χ2n) is 4.18. The summed E-state index contributed by atoms with van der Waals surface area (Å²) in [4.78, 5) is 12.9. The molecule has 1 fully saturated rings. The number of morpholine rings is 1. The minimum Gasteiger partial charge on any atom is -0.375 e. The number of anilines is 1. The molecule has 0 bridgehead atoms. The average molecular weight is 254 g/mol. The first-order chi connectivity index (χ1) is 8.24. The van der Waals surface area contributed by atoms with Gasteiger partial charge in [-0.05, 0) is 24.6 Å². The summed E-state index contributed by atoms with van der Waals surface area (Å²) >= 11 is 6.19. The molecule has 0 spiro atoms. The van der Waals surface area contributed by atoms with Gasteiger partial charge < -0.3 is 9.64 Å². The number of benzene rings is 1. The highest BCUT2D eigenvalue weighted by Crippen LogP contribution is 2.28. The second kappa shape index (κ2) is 5.52. The second-order valence-corrected chi connectivity index (χ2v) is 4.58. The third kappa shape index (κ3) is 2.79. The van der Waals surface area contributed by atoms with Gasteiger partial charge in [0.2, 0.25) is 0 Å². The van der Waals surface area contributed by atoms with Crippen LogP contribution < -0.4 is 4.90 Å². The molecule has 0 N–H and O–H groups in total. The van der Waals surface area contributed by atoms with Gasteiger partial charge in [-0.25, -0.2) is 0 Å². The summed E-state index contributed by atoms with van der Waals surface area (Å²) in [6, 6.07) is 5.41. The fourth-order valence-electron chi connectivity index (χ4n) is 2.04. The van der Waals surface area contributed by atoms with Crippen LogP contribution in [-0.4, -0.2) is 32.1 Å². The zero-order chi connectivity index (χ0) is 12.3. The average Bonchev–Trinajstić information content (AvgIpc) is 2.38. The molecular weight excluding hydrogens is 238 g/mol. The Morgan fingerprint density at radius 1 is 1.59 bits per heavy atom. The maximum absolute atomic E-state index is 10.7. The van der Waals surface area contributed by atoms with Crippen LogP contribution in [0.25, 0.3) is 0 Å². The first-order valence-corrected chi connectivity index (χ1v) is 6.23. The van der Waals surface area contributed by atoms with E-state index in [0.717, 1.165) is 38.1 Å². The number of carbonyl (C=O) groups is 1. The van der Waals surface area contributed by atoms with E-state index in [0.29, 0.717) is 10.6 Å². The lowest BCUT2D eigenvalue weighted by Gasteiger charge is -2.34. The Bertz CT molecular complexity index is 408. The van der Waals surface area contributed by atoms with Crippen molar-refractivity contribution in [1.29, 1.82) is 0 Å². The zero-order valence-corrected chi connectivity index (χ0v) is 10.6. The summed E-state index contributed by atoms with van der Waals surface area (Å²) in [7, 11) is 0. The molecule has 0 aliphatic carbocycles. The molecular formula is C13H16ClNO2. The Morgan fingerprint density at radius 2 is 2.41 bits per heavy atom. The first kappa shape index (κ1) is 12.4. The maximum atomic E-state index is 10.7. The Labute approximate surface area is 106 Å². The molecule has 2 rings (SSSR count). The summed E-state index contributed by atoms with van der Waals surface area (Å²) in [6.45, 7) is 4.54. The SMILES string of the molecule is CCC1CN(c2ccc(C=O)cc2Cl)CCO1. The van der Waals surface area contributed by atoms with Crippen LogP contribution in [0.5, 0.6) is 0 Å². The van der Waals surface area contributed by atoms with E-state index in [1.165, 1.54) is 0 Å². The van der Waals surface area contributed by atoms with Crippen molar-refractivity contribution in [3.05, 3.63) is 28.8 Å². The topological polar surface area (TPSA) is 29.5 Å². The molecule has 0 radical (unpaired) electrons. The standard InChI is InChI=1S/C13H16ClNO2/c1-2-11-8-15(5-6-17-11)13-4-3-10(9-16)7-12(13)14/h3-4,7,9,11H,2,5-6,8H2,1H3. The Morgan fingerprint density at radius 3 is 3.06 bits per heavy atom. The Kier molecular flexibility index (Phi) is 4.02. The van der Waals surface area contributed by atoms with Crippen molar-refractivity contribution in [3.63, 3.8) is 0 Å². The number of rotatable bonds is 3. The van der Waals surface area contributed by atoms with Gasteiger partial charge in [-0.1, -0.05) is 18.5 Å². The predicted molar refractivity (Wildman–Crippen MR) is 69.1 cm³/mol. The van der Waals surface area contributed by atoms with Crippen LogP contribution in [0.15, 0.2) is 18.2 Å². The van der Waals surface area contributed by atoms with Gasteiger partial charge in [-0.3, -0.25) is 4.79 Å². The van der Waals surface area contributed by atoms with Crippen LogP contribution in [0.3, 0.4) is 0 Å². The Balaban J connectivity index is 2.18. The van der Waals surface area contributed by atoms with Gasteiger partial charge >= 0.3 is 0 Å². The normalized spacial score (nSPS) is 20.4. The van der Waals surface area contributed by atoms with Gasteiger partial charge in [0, 0.05) is 18.7 Å². The van der Waals surface area contributed by atoms with Gasteiger partial charge in [0.1, 0.15) is 6.29 Å². The van der Waals surface area contributed by atoms with E-state index in [9.17, 15) is 4.79 Å². The number of halogens is 1. The lowest BCUT2D eigenvalue weighted by molar-refractivity contribution is 0.0384. The third-order valence-corrected chi connectivity index (χ3v) is 3.35. The lowest BCUT2D eigenvalue weighted by atomic mass is 10.1. The minimum atomic E-state index is 0.269. The highest BCUT2D eigenvalue weighted by Gasteiger charge is 2.20. The smallest absolute Gasteiger partial charge is 0.150 e. The number of carbonyl (C=O) groups excluding carboxylic acids is 1. The molecule has 4 heteroatoms. The molecule has 0 aromatic heterocycles. The van der Waals surface area contributed by atoms with Gasteiger partial charge in [-0.2, -0.15) is 0 Å². The first-order valence-electron chi connectivity index (χ1n) is 5.86. The Hall–Kier alpha value is -1.06. The number of aldehydes is 1. The maximum Gasteiger partial charge on any atom is 0.150 e. The highest BCUT2D eigenvalue weighted by atomic mass is 35.5. The quantitative estimate of drug-likeness (QED) is 0.776. The van der Waals surface area contributed by atoms with Crippen molar-refractivity contribution >= 4 is 23.6 Å². The van der Waals surface area contributed by atoms with Gasteiger partial charge in [0.25, 0.3) is 0 Å². The van der Waals surface area contributed by atoms with E-state index in [2.05, 4.69) is 11.8 Å². The minimum absolute atomic E-state index is 0.269. The molecule has 17 heavy (non-hydrogen) atoms. The third-order valence-electron chi connectivity index (χ3n) is 3.04. The van der Waals surface area contributed by atoms with Crippen LogP contribution in [0.2, 0.25) is 5.02 Å². The molecule has 1 aliphatic heterocycles. The molecule has 3 nitrogen and oxygen atoms in total. The van der Waals surface area contributed by atoms with Crippen molar-refractivity contribution in [2.24, 2.45) is 0 Å². The molecule has 1 unspecified atom stereocenters. The van der Waals surface area contributed by atoms with Crippen molar-refractivity contribution in [2.75, 3.05) is 24.6 Å². The van der Waals surface area contributed by atoms with Crippen LogP contribution in [0, 0.1) is 0 Å².